The first-order valence-corrected chi connectivity index (χ1v) is 8.13. The topological polar surface area (TPSA) is 20.3 Å². The van der Waals surface area contributed by atoms with Crippen LogP contribution in [0.4, 0.5) is 0 Å². The molecule has 2 heteroatoms. The maximum Gasteiger partial charge on any atom is 0.137 e. The summed E-state index contributed by atoms with van der Waals surface area (Å²) in [6, 6.07) is 0. The molecule has 1 aliphatic carbocycles. The van der Waals surface area contributed by atoms with Crippen LogP contribution in [-0.4, -0.2) is 30.3 Å². The van der Waals surface area contributed by atoms with Crippen molar-refractivity contribution in [2.75, 3.05) is 19.6 Å². The van der Waals surface area contributed by atoms with E-state index in [1.807, 2.05) is 0 Å². The number of ketones is 1. The Bertz CT molecular complexity index is 273. The Balaban J connectivity index is 2.60. The molecule has 0 saturated heterocycles. The predicted molar refractivity (Wildman–Crippen MR) is 82.3 cm³/mol. The minimum atomic E-state index is 0.288. The molecule has 0 aromatic carbocycles. The highest BCUT2D eigenvalue weighted by molar-refractivity contribution is 5.82. The fourth-order valence-electron chi connectivity index (χ4n) is 3.31. The Morgan fingerprint density at radius 3 is 2.21 bits per heavy atom. The molecular weight excluding hydrogens is 234 g/mol. The lowest BCUT2D eigenvalue weighted by molar-refractivity contribution is -0.127. The molecule has 2 nitrogen and oxygen atoms in total. The molecule has 1 aliphatic rings. The molecule has 0 aromatic heterocycles. The Hall–Kier alpha value is -0.370. The molecule has 112 valence electrons. The first-order valence-electron chi connectivity index (χ1n) is 8.13. The number of nitrogens with zero attached hydrogens (tertiary/aromatic N) is 1. The summed E-state index contributed by atoms with van der Waals surface area (Å²) in [6.07, 6.45) is 5.37. The quantitative estimate of drug-likeness (QED) is 0.721. The maximum absolute atomic E-state index is 12.2. The number of hydrogen-bond acceptors (Lipinski definition) is 2. The van der Waals surface area contributed by atoms with Crippen molar-refractivity contribution in [2.45, 2.75) is 66.7 Å². The number of hydrogen-bond donors (Lipinski definition) is 0. The van der Waals surface area contributed by atoms with Crippen molar-refractivity contribution >= 4 is 5.78 Å². The SMILES string of the molecule is CCCN(CCC)CC1CC(C(C)(C)C)CCC1=O. The molecule has 19 heavy (non-hydrogen) atoms. The maximum atomic E-state index is 12.2. The van der Waals surface area contributed by atoms with Crippen molar-refractivity contribution in [2.24, 2.45) is 17.3 Å². The van der Waals surface area contributed by atoms with Crippen LogP contribution in [0.1, 0.15) is 66.7 Å². The van der Waals surface area contributed by atoms with E-state index in [0.29, 0.717) is 17.1 Å². The lowest BCUT2D eigenvalue weighted by Gasteiger charge is -2.38. The summed E-state index contributed by atoms with van der Waals surface area (Å²) in [5, 5.41) is 0. The largest absolute Gasteiger partial charge is 0.303 e. The van der Waals surface area contributed by atoms with Crippen molar-refractivity contribution in [3.63, 3.8) is 0 Å². The number of carbonyl (C=O) groups is 1. The van der Waals surface area contributed by atoms with Gasteiger partial charge in [0.1, 0.15) is 5.78 Å². The average molecular weight is 267 g/mol. The lowest BCUT2D eigenvalue weighted by atomic mass is 9.68. The van der Waals surface area contributed by atoms with E-state index in [1.165, 1.54) is 12.8 Å². The van der Waals surface area contributed by atoms with E-state index in [-0.39, 0.29) is 5.92 Å². The zero-order chi connectivity index (χ0) is 14.5. The average Bonchev–Trinajstić information content (AvgIpc) is 2.31. The zero-order valence-electron chi connectivity index (χ0n) is 13.7. The smallest absolute Gasteiger partial charge is 0.137 e. The van der Waals surface area contributed by atoms with Crippen LogP contribution in [0.15, 0.2) is 0 Å². The minimum absolute atomic E-state index is 0.288. The third-order valence-corrected chi connectivity index (χ3v) is 4.55. The van der Waals surface area contributed by atoms with Gasteiger partial charge >= 0.3 is 0 Å². The van der Waals surface area contributed by atoms with Crippen LogP contribution >= 0.6 is 0 Å². The third-order valence-electron chi connectivity index (χ3n) is 4.55. The van der Waals surface area contributed by atoms with Crippen LogP contribution < -0.4 is 0 Å². The second kappa shape index (κ2) is 7.42. The van der Waals surface area contributed by atoms with E-state index in [1.54, 1.807) is 0 Å². The molecule has 2 atom stereocenters. The van der Waals surface area contributed by atoms with Crippen LogP contribution in [0.2, 0.25) is 0 Å². The van der Waals surface area contributed by atoms with Crippen LogP contribution in [0.3, 0.4) is 0 Å². The normalized spacial score (nSPS) is 25.1. The predicted octanol–water partition coefficient (Wildman–Crippen LogP) is 4.14. The first-order chi connectivity index (χ1) is 8.88. The second-order valence-corrected chi connectivity index (χ2v) is 7.30. The van der Waals surface area contributed by atoms with E-state index < -0.39 is 0 Å². The van der Waals surface area contributed by atoms with Gasteiger partial charge in [-0.25, -0.2) is 0 Å². The highest BCUT2D eigenvalue weighted by atomic mass is 16.1. The summed E-state index contributed by atoms with van der Waals surface area (Å²) >= 11 is 0. The van der Waals surface area contributed by atoms with E-state index >= 15 is 0 Å². The van der Waals surface area contributed by atoms with E-state index in [2.05, 4.69) is 39.5 Å². The third kappa shape index (κ3) is 5.25. The van der Waals surface area contributed by atoms with Crippen LogP contribution in [0.25, 0.3) is 0 Å². The van der Waals surface area contributed by atoms with Gasteiger partial charge in [0.25, 0.3) is 0 Å². The molecule has 0 heterocycles. The molecule has 0 N–H and O–H groups in total. The first kappa shape index (κ1) is 16.7. The van der Waals surface area contributed by atoms with Gasteiger partial charge < -0.3 is 4.90 Å². The molecule has 1 fully saturated rings. The fourth-order valence-corrected chi connectivity index (χ4v) is 3.31. The number of carbonyl (C=O) groups excluding carboxylic acids is 1. The summed E-state index contributed by atoms with van der Waals surface area (Å²) in [5.74, 6) is 1.51. The van der Waals surface area contributed by atoms with E-state index in [9.17, 15) is 4.79 Å². The van der Waals surface area contributed by atoms with Crippen molar-refractivity contribution in [3.05, 3.63) is 0 Å². The summed E-state index contributed by atoms with van der Waals surface area (Å²) < 4.78 is 0. The molecule has 1 saturated carbocycles. The van der Waals surface area contributed by atoms with Crippen molar-refractivity contribution < 1.29 is 4.79 Å². The van der Waals surface area contributed by atoms with Crippen molar-refractivity contribution in [1.82, 2.24) is 4.90 Å². The van der Waals surface area contributed by atoms with Crippen LogP contribution in [0, 0.1) is 17.3 Å². The molecule has 0 bridgehead atoms. The Kier molecular flexibility index (Phi) is 6.52. The second-order valence-electron chi connectivity index (χ2n) is 7.30. The minimum Gasteiger partial charge on any atom is -0.303 e. The standard InChI is InChI=1S/C17H33NO/c1-6-10-18(11-7-2)13-14-12-15(17(3,4)5)8-9-16(14)19/h14-15H,6-13H2,1-5H3. The molecule has 0 amide bonds. The van der Waals surface area contributed by atoms with E-state index in [4.69, 9.17) is 0 Å². The van der Waals surface area contributed by atoms with Gasteiger partial charge in [-0.2, -0.15) is 0 Å². The van der Waals surface area contributed by atoms with Gasteiger partial charge in [-0.15, -0.1) is 0 Å². The van der Waals surface area contributed by atoms with Crippen molar-refractivity contribution in [1.29, 1.82) is 0 Å². The molecule has 0 radical (unpaired) electrons. The molecule has 0 aliphatic heterocycles. The lowest BCUT2D eigenvalue weighted by Crippen LogP contribution is -2.39. The molecule has 0 spiro atoms. The van der Waals surface area contributed by atoms with Gasteiger partial charge in [0.2, 0.25) is 0 Å². The molecular formula is C17H33NO. The van der Waals surface area contributed by atoms with Gasteiger partial charge in [0.05, 0.1) is 0 Å². The van der Waals surface area contributed by atoms with Crippen molar-refractivity contribution in [3.8, 4) is 0 Å². The Morgan fingerprint density at radius 1 is 1.16 bits per heavy atom. The van der Waals surface area contributed by atoms with Gasteiger partial charge in [0.15, 0.2) is 0 Å². The highest BCUT2D eigenvalue weighted by Crippen LogP contribution is 2.39. The zero-order valence-corrected chi connectivity index (χ0v) is 13.7. The van der Waals surface area contributed by atoms with Gasteiger partial charge in [-0.05, 0) is 50.1 Å². The number of rotatable bonds is 6. The fraction of sp³-hybridized carbons (Fsp3) is 0.941. The Morgan fingerprint density at radius 2 is 1.74 bits per heavy atom. The van der Waals surface area contributed by atoms with Gasteiger partial charge in [0, 0.05) is 18.9 Å². The Labute approximate surface area is 119 Å². The number of Topliss-reactive ketones (excluding diaryl/α,β-unsaturated/α-hetero) is 1. The summed E-state index contributed by atoms with van der Waals surface area (Å²) in [4.78, 5) is 14.7. The highest BCUT2D eigenvalue weighted by Gasteiger charge is 2.35. The molecule has 0 aromatic rings. The summed E-state index contributed by atoms with van der Waals surface area (Å²) in [5.41, 5.74) is 0.347. The molecule has 2 unspecified atom stereocenters. The van der Waals surface area contributed by atoms with E-state index in [0.717, 1.165) is 38.9 Å². The summed E-state index contributed by atoms with van der Waals surface area (Å²) in [7, 11) is 0. The monoisotopic (exact) mass is 267 g/mol. The van der Waals surface area contributed by atoms with Gasteiger partial charge in [-0.3, -0.25) is 4.79 Å². The molecule has 1 rings (SSSR count). The van der Waals surface area contributed by atoms with Crippen LogP contribution in [-0.2, 0) is 4.79 Å². The summed E-state index contributed by atoms with van der Waals surface area (Å²) in [6.45, 7) is 14.7. The van der Waals surface area contributed by atoms with Crippen LogP contribution in [0.5, 0.6) is 0 Å². The van der Waals surface area contributed by atoms with Gasteiger partial charge in [-0.1, -0.05) is 34.6 Å².